The summed E-state index contributed by atoms with van der Waals surface area (Å²) in [5, 5.41) is 3.84. The molecule has 168 valence electrons. The van der Waals surface area contributed by atoms with Crippen molar-refractivity contribution in [1.29, 1.82) is 0 Å². The molecule has 1 atom stereocenters. The van der Waals surface area contributed by atoms with Crippen LogP contribution in [0.3, 0.4) is 0 Å². The molecule has 0 aliphatic carbocycles. The van der Waals surface area contributed by atoms with E-state index in [1.54, 1.807) is 25.1 Å². The van der Waals surface area contributed by atoms with E-state index in [-0.39, 0.29) is 25.0 Å². The van der Waals surface area contributed by atoms with Crippen LogP contribution in [0, 0.1) is 13.8 Å². The molecule has 0 aliphatic heterocycles. The maximum Gasteiger partial charge on any atom is 0.261 e. The van der Waals surface area contributed by atoms with Crippen LogP contribution >= 0.6 is 23.2 Å². The number of benzene rings is 2. The van der Waals surface area contributed by atoms with Crippen molar-refractivity contribution in [3.63, 3.8) is 0 Å². The second-order valence-corrected chi connectivity index (χ2v) is 8.41. The van der Waals surface area contributed by atoms with E-state index < -0.39 is 6.04 Å². The van der Waals surface area contributed by atoms with E-state index in [9.17, 15) is 9.59 Å². The first-order chi connectivity index (χ1) is 14.7. The lowest BCUT2D eigenvalue weighted by molar-refractivity contribution is -0.142. The molecule has 0 aromatic heterocycles. The van der Waals surface area contributed by atoms with Gasteiger partial charge in [0.1, 0.15) is 11.8 Å². The van der Waals surface area contributed by atoms with Crippen LogP contribution in [0.5, 0.6) is 5.75 Å². The summed E-state index contributed by atoms with van der Waals surface area (Å²) in [7, 11) is 0. The summed E-state index contributed by atoms with van der Waals surface area (Å²) in [4.78, 5) is 27.3. The van der Waals surface area contributed by atoms with Gasteiger partial charge >= 0.3 is 0 Å². The third kappa shape index (κ3) is 7.15. The Morgan fingerprint density at radius 3 is 2.58 bits per heavy atom. The van der Waals surface area contributed by atoms with Gasteiger partial charge in [-0.3, -0.25) is 9.59 Å². The molecule has 0 heterocycles. The second kappa shape index (κ2) is 12.0. The van der Waals surface area contributed by atoms with Crippen LogP contribution in [0.1, 0.15) is 43.4 Å². The molecule has 0 spiro atoms. The Morgan fingerprint density at radius 2 is 1.90 bits per heavy atom. The predicted octanol–water partition coefficient (Wildman–Crippen LogP) is 5.32. The Morgan fingerprint density at radius 1 is 1.16 bits per heavy atom. The van der Waals surface area contributed by atoms with E-state index in [1.165, 1.54) is 4.90 Å². The Balaban J connectivity index is 2.19. The first-order valence-corrected chi connectivity index (χ1v) is 11.2. The average molecular weight is 465 g/mol. The van der Waals surface area contributed by atoms with Crippen molar-refractivity contribution in [2.45, 2.75) is 53.1 Å². The number of nitrogens with zero attached hydrogens (tertiary/aromatic N) is 1. The van der Waals surface area contributed by atoms with Crippen LogP contribution in [0.2, 0.25) is 10.0 Å². The van der Waals surface area contributed by atoms with Gasteiger partial charge in [0.25, 0.3) is 5.91 Å². The number of hydrogen-bond donors (Lipinski definition) is 1. The molecule has 5 nitrogen and oxygen atoms in total. The van der Waals surface area contributed by atoms with Gasteiger partial charge in [0.15, 0.2) is 6.61 Å². The SMILES string of the molecule is CCCCNC(=O)[C@@H](C)N(Cc1ccc(Cl)cc1Cl)C(=O)COc1cccc(C)c1C. The van der Waals surface area contributed by atoms with Crippen molar-refractivity contribution >= 4 is 35.0 Å². The molecule has 2 rings (SSSR count). The Kier molecular flexibility index (Phi) is 9.66. The summed E-state index contributed by atoms with van der Waals surface area (Å²) in [5.41, 5.74) is 2.77. The second-order valence-electron chi connectivity index (χ2n) is 7.56. The highest BCUT2D eigenvalue weighted by Gasteiger charge is 2.27. The van der Waals surface area contributed by atoms with Crippen LogP contribution in [0.15, 0.2) is 36.4 Å². The van der Waals surface area contributed by atoms with Crippen LogP contribution < -0.4 is 10.1 Å². The number of ether oxygens (including phenoxy) is 1. The van der Waals surface area contributed by atoms with Gasteiger partial charge < -0.3 is 15.0 Å². The third-order valence-corrected chi connectivity index (χ3v) is 5.85. The monoisotopic (exact) mass is 464 g/mol. The fraction of sp³-hybridized carbons (Fsp3) is 0.417. The fourth-order valence-corrected chi connectivity index (χ4v) is 3.52. The molecule has 1 N–H and O–H groups in total. The number of unbranched alkanes of at least 4 members (excludes halogenated alkanes) is 1. The van der Waals surface area contributed by atoms with E-state index in [1.807, 2.05) is 32.0 Å². The molecule has 0 saturated heterocycles. The van der Waals surface area contributed by atoms with Gasteiger partial charge in [0.05, 0.1) is 0 Å². The first-order valence-electron chi connectivity index (χ1n) is 10.4. The van der Waals surface area contributed by atoms with Crippen LogP contribution in [0.4, 0.5) is 0 Å². The largest absolute Gasteiger partial charge is 0.483 e. The topological polar surface area (TPSA) is 58.6 Å². The van der Waals surface area contributed by atoms with Crippen molar-refractivity contribution in [1.82, 2.24) is 10.2 Å². The van der Waals surface area contributed by atoms with Crippen molar-refractivity contribution in [2.24, 2.45) is 0 Å². The van der Waals surface area contributed by atoms with E-state index in [0.29, 0.717) is 27.9 Å². The molecule has 0 bridgehead atoms. The Labute approximate surface area is 194 Å². The predicted molar refractivity (Wildman–Crippen MR) is 126 cm³/mol. The summed E-state index contributed by atoms with van der Waals surface area (Å²) in [6.07, 6.45) is 1.85. The highest BCUT2D eigenvalue weighted by atomic mass is 35.5. The lowest BCUT2D eigenvalue weighted by Crippen LogP contribution is -2.49. The molecule has 2 amide bonds. The molecule has 0 radical (unpaired) electrons. The van der Waals surface area contributed by atoms with E-state index in [2.05, 4.69) is 12.2 Å². The number of halogens is 2. The van der Waals surface area contributed by atoms with Gasteiger partial charge in [-0.15, -0.1) is 0 Å². The summed E-state index contributed by atoms with van der Waals surface area (Å²) in [6.45, 7) is 8.27. The van der Waals surface area contributed by atoms with E-state index >= 15 is 0 Å². The maximum absolute atomic E-state index is 13.1. The van der Waals surface area contributed by atoms with Gasteiger partial charge in [-0.1, -0.05) is 54.7 Å². The zero-order valence-corrected chi connectivity index (χ0v) is 20.0. The normalized spacial score (nSPS) is 11.7. The molecular weight excluding hydrogens is 435 g/mol. The lowest BCUT2D eigenvalue weighted by atomic mass is 10.1. The molecule has 0 fully saturated rings. The smallest absolute Gasteiger partial charge is 0.261 e. The molecule has 2 aromatic carbocycles. The highest BCUT2D eigenvalue weighted by molar-refractivity contribution is 6.35. The number of rotatable bonds is 10. The zero-order chi connectivity index (χ0) is 23.0. The molecule has 0 unspecified atom stereocenters. The minimum absolute atomic E-state index is 0.174. The van der Waals surface area contributed by atoms with E-state index in [0.717, 1.165) is 24.0 Å². The van der Waals surface area contributed by atoms with Gasteiger partial charge in [-0.05, 0) is 62.1 Å². The zero-order valence-electron chi connectivity index (χ0n) is 18.5. The van der Waals surface area contributed by atoms with Crippen molar-refractivity contribution in [3.05, 3.63) is 63.1 Å². The molecular formula is C24H30Cl2N2O3. The van der Waals surface area contributed by atoms with Gasteiger partial charge in [0.2, 0.25) is 5.91 Å². The van der Waals surface area contributed by atoms with Crippen molar-refractivity contribution < 1.29 is 14.3 Å². The fourth-order valence-electron chi connectivity index (χ4n) is 3.06. The quantitative estimate of drug-likeness (QED) is 0.483. The third-order valence-electron chi connectivity index (χ3n) is 5.26. The number of aryl methyl sites for hydroxylation is 1. The van der Waals surface area contributed by atoms with Crippen LogP contribution in [-0.2, 0) is 16.1 Å². The van der Waals surface area contributed by atoms with Gasteiger partial charge in [-0.2, -0.15) is 0 Å². The van der Waals surface area contributed by atoms with Crippen LogP contribution in [-0.4, -0.2) is 35.9 Å². The standard InChI is InChI=1S/C24H30Cl2N2O3/c1-5-6-12-27-24(30)18(4)28(14-19-10-11-20(25)13-21(19)26)23(29)15-31-22-9-7-8-16(2)17(22)3/h7-11,13,18H,5-6,12,14-15H2,1-4H3,(H,27,30)/t18-/m1/s1. The minimum atomic E-state index is -0.682. The number of carbonyl (C=O) groups is 2. The molecule has 7 heteroatoms. The molecule has 0 saturated carbocycles. The summed E-state index contributed by atoms with van der Waals surface area (Å²) < 4.78 is 5.80. The Bertz CT molecular complexity index is 918. The summed E-state index contributed by atoms with van der Waals surface area (Å²) in [5.74, 6) is 0.140. The van der Waals surface area contributed by atoms with Gasteiger partial charge in [0, 0.05) is 23.1 Å². The minimum Gasteiger partial charge on any atom is -0.483 e. The molecule has 2 aromatic rings. The first kappa shape index (κ1) is 25.0. The lowest BCUT2D eigenvalue weighted by Gasteiger charge is -2.29. The van der Waals surface area contributed by atoms with E-state index in [4.69, 9.17) is 27.9 Å². The molecule has 0 aliphatic rings. The summed E-state index contributed by atoms with van der Waals surface area (Å²) in [6, 6.07) is 10.1. The maximum atomic E-state index is 13.1. The number of amides is 2. The Hall–Kier alpha value is -2.24. The average Bonchev–Trinajstić information content (AvgIpc) is 2.73. The number of nitrogens with one attached hydrogen (secondary N) is 1. The number of hydrogen-bond acceptors (Lipinski definition) is 3. The van der Waals surface area contributed by atoms with Crippen molar-refractivity contribution in [3.8, 4) is 5.75 Å². The summed E-state index contributed by atoms with van der Waals surface area (Å²) >= 11 is 12.3. The molecule has 31 heavy (non-hydrogen) atoms. The number of carbonyl (C=O) groups excluding carboxylic acids is 2. The van der Waals surface area contributed by atoms with Gasteiger partial charge in [-0.25, -0.2) is 0 Å². The highest BCUT2D eigenvalue weighted by Crippen LogP contribution is 2.24. The van der Waals surface area contributed by atoms with Crippen LogP contribution in [0.25, 0.3) is 0 Å². The van der Waals surface area contributed by atoms with Crippen molar-refractivity contribution in [2.75, 3.05) is 13.2 Å².